The second kappa shape index (κ2) is 4.66. The molecule has 6 nitrogen and oxygen atoms in total. The van der Waals surface area contributed by atoms with Crippen LogP contribution in [0.3, 0.4) is 0 Å². The maximum atomic E-state index is 12.6. The summed E-state index contributed by atoms with van der Waals surface area (Å²) in [6, 6.07) is 3.92. The summed E-state index contributed by atoms with van der Waals surface area (Å²) < 4.78 is 31.9. The molecular formula is C12H18N2O4S. The van der Waals surface area contributed by atoms with Gasteiger partial charge in [0.1, 0.15) is 5.75 Å². The van der Waals surface area contributed by atoms with E-state index in [1.165, 1.54) is 22.5 Å². The van der Waals surface area contributed by atoms with Crippen LogP contribution in [0, 0.1) is 0 Å². The molecule has 1 saturated heterocycles. The smallest absolute Gasteiger partial charge is 0.243 e. The van der Waals surface area contributed by atoms with Gasteiger partial charge in [0, 0.05) is 6.54 Å². The summed E-state index contributed by atoms with van der Waals surface area (Å²) in [5.41, 5.74) is 5.00. The SMILES string of the molecule is CC1(C)COCCN1S(=O)(=O)c1ccc(O)c(N)c1. The second-order valence-electron chi connectivity index (χ2n) is 5.16. The monoisotopic (exact) mass is 286 g/mol. The average molecular weight is 286 g/mol. The Hall–Kier alpha value is -1.31. The molecular weight excluding hydrogens is 268 g/mol. The summed E-state index contributed by atoms with van der Waals surface area (Å²) in [6.07, 6.45) is 0. The van der Waals surface area contributed by atoms with Crippen molar-refractivity contribution in [1.29, 1.82) is 0 Å². The maximum Gasteiger partial charge on any atom is 0.243 e. The first-order valence-electron chi connectivity index (χ1n) is 5.94. The zero-order chi connectivity index (χ0) is 14.3. The van der Waals surface area contributed by atoms with Crippen LogP contribution in [0.25, 0.3) is 0 Å². The quantitative estimate of drug-likeness (QED) is 0.619. The molecule has 1 aromatic carbocycles. The van der Waals surface area contributed by atoms with E-state index in [9.17, 15) is 13.5 Å². The van der Waals surface area contributed by atoms with Gasteiger partial charge in [-0.15, -0.1) is 0 Å². The molecule has 1 fully saturated rings. The predicted octanol–water partition coefficient (Wildman–Crippen LogP) is 0.774. The fourth-order valence-electron chi connectivity index (χ4n) is 2.11. The van der Waals surface area contributed by atoms with Crippen molar-refractivity contribution in [3.8, 4) is 5.75 Å². The van der Waals surface area contributed by atoms with Gasteiger partial charge in [0.05, 0.1) is 29.3 Å². The lowest BCUT2D eigenvalue weighted by Crippen LogP contribution is -2.55. The van der Waals surface area contributed by atoms with Crippen LogP contribution in [0.4, 0.5) is 5.69 Å². The van der Waals surface area contributed by atoms with Crippen LogP contribution in [0.5, 0.6) is 5.75 Å². The molecule has 1 aliphatic heterocycles. The molecule has 0 spiro atoms. The lowest BCUT2D eigenvalue weighted by Gasteiger charge is -2.40. The molecule has 0 saturated carbocycles. The summed E-state index contributed by atoms with van der Waals surface area (Å²) in [6.45, 7) is 4.65. The van der Waals surface area contributed by atoms with Crippen molar-refractivity contribution in [2.45, 2.75) is 24.3 Å². The Kier molecular flexibility index (Phi) is 3.46. The van der Waals surface area contributed by atoms with Crippen LogP contribution in [-0.2, 0) is 14.8 Å². The van der Waals surface area contributed by atoms with Crippen LogP contribution in [0.1, 0.15) is 13.8 Å². The Morgan fingerprint density at radius 3 is 2.68 bits per heavy atom. The number of hydrogen-bond donors (Lipinski definition) is 2. The summed E-state index contributed by atoms with van der Waals surface area (Å²) in [4.78, 5) is 0.0813. The van der Waals surface area contributed by atoms with Crippen molar-refractivity contribution in [1.82, 2.24) is 4.31 Å². The van der Waals surface area contributed by atoms with Gasteiger partial charge < -0.3 is 15.6 Å². The molecule has 7 heteroatoms. The fraction of sp³-hybridized carbons (Fsp3) is 0.500. The van der Waals surface area contributed by atoms with Crippen molar-refractivity contribution in [2.24, 2.45) is 0 Å². The number of sulfonamides is 1. The molecule has 0 aliphatic carbocycles. The molecule has 106 valence electrons. The van der Waals surface area contributed by atoms with E-state index >= 15 is 0 Å². The molecule has 0 atom stereocenters. The van der Waals surface area contributed by atoms with Gasteiger partial charge in [-0.2, -0.15) is 4.31 Å². The molecule has 1 aliphatic rings. The Balaban J connectivity index is 2.44. The molecule has 19 heavy (non-hydrogen) atoms. The molecule has 0 amide bonds. The van der Waals surface area contributed by atoms with Gasteiger partial charge in [0.2, 0.25) is 10.0 Å². The summed E-state index contributed by atoms with van der Waals surface area (Å²) >= 11 is 0. The number of phenols is 1. The van der Waals surface area contributed by atoms with Crippen molar-refractivity contribution < 1.29 is 18.3 Å². The molecule has 0 aromatic heterocycles. The minimum atomic E-state index is -3.65. The lowest BCUT2D eigenvalue weighted by molar-refractivity contribution is -0.00770. The summed E-state index contributed by atoms with van der Waals surface area (Å²) in [7, 11) is -3.65. The summed E-state index contributed by atoms with van der Waals surface area (Å²) in [5.74, 6) is -0.125. The van der Waals surface area contributed by atoms with Crippen molar-refractivity contribution in [3.63, 3.8) is 0 Å². The van der Waals surface area contributed by atoms with Crippen LogP contribution in [-0.4, -0.2) is 43.1 Å². The maximum absolute atomic E-state index is 12.6. The van der Waals surface area contributed by atoms with Crippen molar-refractivity contribution in [2.75, 3.05) is 25.5 Å². The standard InChI is InChI=1S/C12H18N2O4S/c1-12(2)8-18-6-5-14(12)19(16,17)9-3-4-11(15)10(13)7-9/h3-4,7,15H,5-6,8,13H2,1-2H3. The molecule has 0 radical (unpaired) electrons. The van der Waals surface area contributed by atoms with Crippen LogP contribution >= 0.6 is 0 Å². The highest BCUT2D eigenvalue weighted by Crippen LogP contribution is 2.30. The van der Waals surface area contributed by atoms with E-state index in [1.807, 2.05) is 13.8 Å². The Bertz CT molecular complexity index is 583. The third kappa shape index (κ3) is 2.54. The third-order valence-corrected chi connectivity index (χ3v) is 5.26. The normalized spacial score (nSPS) is 20.3. The number of nitrogens with zero attached hydrogens (tertiary/aromatic N) is 1. The minimum Gasteiger partial charge on any atom is -0.506 e. The van der Waals surface area contributed by atoms with E-state index in [4.69, 9.17) is 10.5 Å². The number of aromatic hydroxyl groups is 1. The molecule has 0 bridgehead atoms. The number of nitrogens with two attached hydrogens (primary N) is 1. The van der Waals surface area contributed by atoms with Crippen molar-refractivity contribution >= 4 is 15.7 Å². The van der Waals surface area contributed by atoms with Gasteiger partial charge in [-0.25, -0.2) is 8.42 Å². The zero-order valence-corrected chi connectivity index (χ0v) is 11.8. The van der Waals surface area contributed by atoms with E-state index in [1.54, 1.807) is 0 Å². The number of nitrogen functional groups attached to an aromatic ring is 1. The predicted molar refractivity (Wildman–Crippen MR) is 71.3 cm³/mol. The Labute approximate surface area is 112 Å². The second-order valence-corrected chi connectivity index (χ2v) is 7.03. The third-order valence-electron chi connectivity index (χ3n) is 3.16. The molecule has 1 aromatic rings. The van der Waals surface area contributed by atoms with Crippen molar-refractivity contribution in [3.05, 3.63) is 18.2 Å². The topological polar surface area (TPSA) is 92.9 Å². The van der Waals surface area contributed by atoms with E-state index < -0.39 is 15.6 Å². The number of phenolic OH excluding ortho intramolecular Hbond substituents is 1. The highest BCUT2D eigenvalue weighted by molar-refractivity contribution is 7.89. The van der Waals surface area contributed by atoms with E-state index in [0.29, 0.717) is 19.8 Å². The first-order valence-corrected chi connectivity index (χ1v) is 7.38. The first-order chi connectivity index (χ1) is 8.75. The van der Waals surface area contributed by atoms with Gasteiger partial charge in [-0.1, -0.05) is 0 Å². The highest BCUT2D eigenvalue weighted by atomic mass is 32.2. The first kappa shape index (κ1) is 14.1. The Morgan fingerprint density at radius 1 is 1.42 bits per heavy atom. The van der Waals surface area contributed by atoms with Gasteiger partial charge in [-0.05, 0) is 32.0 Å². The van der Waals surface area contributed by atoms with Gasteiger partial charge in [-0.3, -0.25) is 0 Å². The number of morpholine rings is 1. The molecule has 3 N–H and O–H groups in total. The fourth-order valence-corrected chi connectivity index (χ4v) is 3.90. The average Bonchev–Trinajstić information content (AvgIpc) is 2.31. The van der Waals surface area contributed by atoms with E-state index in [2.05, 4.69) is 0 Å². The number of anilines is 1. The van der Waals surface area contributed by atoms with Crippen LogP contribution in [0.2, 0.25) is 0 Å². The van der Waals surface area contributed by atoms with Gasteiger partial charge in [0.25, 0.3) is 0 Å². The van der Waals surface area contributed by atoms with E-state index in [0.717, 1.165) is 0 Å². The molecule has 0 unspecified atom stereocenters. The lowest BCUT2D eigenvalue weighted by atomic mass is 10.1. The van der Waals surface area contributed by atoms with E-state index in [-0.39, 0.29) is 16.3 Å². The molecule has 1 heterocycles. The highest BCUT2D eigenvalue weighted by Gasteiger charge is 2.39. The zero-order valence-electron chi connectivity index (χ0n) is 11.0. The van der Waals surface area contributed by atoms with Gasteiger partial charge in [0.15, 0.2) is 0 Å². The number of benzene rings is 1. The van der Waals surface area contributed by atoms with Crippen LogP contribution in [0.15, 0.2) is 23.1 Å². The van der Waals surface area contributed by atoms with Crippen LogP contribution < -0.4 is 5.73 Å². The number of ether oxygens (including phenoxy) is 1. The largest absolute Gasteiger partial charge is 0.506 e. The Morgan fingerprint density at radius 2 is 2.11 bits per heavy atom. The minimum absolute atomic E-state index is 0.0483. The summed E-state index contributed by atoms with van der Waals surface area (Å²) in [5, 5.41) is 9.37. The molecule has 2 rings (SSSR count). The van der Waals surface area contributed by atoms with Gasteiger partial charge >= 0.3 is 0 Å². The number of hydrogen-bond acceptors (Lipinski definition) is 5. The number of rotatable bonds is 2.